The number of carbonyl (C=O) groups excluding carboxylic acids is 2. The van der Waals surface area contributed by atoms with Crippen LogP contribution in [0, 0.1) is 22.0 Å². The van der Waals surface area contributed by atoms with Crippen LogP contribution in [0.15, 0.2) is 0 Å². The number of nitrogens with zero attached hydrogens (tertiary/aromatic N) is 8. The molecular weight excluding hydrogens is 722 g/mol. The van der Waals surface area contributed by atoms with Crippen LogP contribution in [0.3, 0.4) is 0 Å². The zero-order chi connectivity index (χ0) is 39.7. The summed E-state index contributed by atoms with van der Waals surface area (Å²) in [6.07, 6.45) is 10.4. The van der Waals surface area contributed by atoms with Crippen molar-refractivity contribution < 1.29 is 28.7 Å². The van der Waals surface area contributed by atoms with Crippen LogP contribution >= 0.6 is 0 Å². The van der Waals surface area contributed by atoms with Crippen molar-refractivity contribution in [3.05, 3.63) is 15.7 Å². The predicted octanol–water partition coefficient (Wildman–Crippen LogP) is 4.05. The van der Waals surface area contributed by atoms with Gasteiger partial charge < -0.3 is 45.7 Å². The van der Waals surface area contributed by atoms with Crippen LogP contribution in [0.1, 0.15) is 91.0 Å². The number of piperidine rings is 2. The summed E-state index contributed by atoms with van der Waals surface area (Å²) in [5.74, 6) is 1.69. The van der Waals surface area contributed by atoms with E-state index in [0.717, 1.165) is 95.5 Å². The van der Waals surface area contributed by atoms with E-state index in [1.54, 1.807) is 4.90 Å². The molecule has 2 aromatic rings. The zero-order valence-corrected chi connectivity index (χ0v) is 33.1. The van der Waals surface area contributed by atoms with Crippen molar-refractivity contribution in [2.75, 3.05) is 101 Å². The Labute approximate surface area is 331 Å². The molecular formula is C38H65N11O7. The minimum absolute atomic E-state index is 0. The number of fused-ring (bicyclic) bond motifs is 1. The van der Waals surface area contributed by atoms with E-state index in [2.05, 4.69) is 49.0 Å². The minimum atomic E-state index is -0.625. The Kier molecular flexibility index (Phi) is 19.2. The number of nitrogens with one attached hydrogen (secondary N) is 1. The second kappa shape index (κ2) is 23.5. The number of likely N-dealkylation sites (tertiary alicyclic amines) is 1. The number of esters is 1. The molecule has 0 saturated carbocycles. The first-order chi connectivity index (χ1) is 26.5. The van der Waals surface area contributed by atoms with E-state index in [4.69, 9.17) is 25.7 Å². The number of methoxy groups -OCH3 is 1. The van der Waals surface area contributed by atoms with Crippen molar-refractivity contribution in [3.63, 3.8) is 0 Å². The van der Waals surface area contributed by atoms with Crippen LogP contribution in [0.5, 0.6) is 12.0 Å². The summed E-state index contributed by atoms with van der Waals surface area (Å²) in [5, 5.41) is 15.1. The fourth-order valence-electron chi connectivity index (χ4n) is 6.88. The molecule has 3 aliphatic heterocycles. The molecule has 0 radical (unpaired) electrons. The normalized spacial score (nSPS) is 16.2. The molecule has 2 aromatic heterocycles. The number of hydrogen-bond donors (Lipinski definition) is 3. The van der Waals surface area contributed by atoms with Gasteiger partial charge in [0.15, 0.2) is 5.78 Å². The second-order valence-electron chi connectivity index (χ2n) is 14.6. The third kappa shape index (κ3) is 13.9. The summed E-state index contributed by atoms with van der Waals surface area (Å²) in [6.45, 7) is 10.8. The van der Waals surface area contributed by atoms with Gasteiger partial charge in [0.2, 0.25) is 11.6 Å². The summed E-state index contributed by atoms with van der Waals surface area (Å²) < 4.78 is 15.9. The van der Waals surface area contributed by atoms with Gasteiger partial charge in [-0.05, 0) is 96.4 Å². The lowest BCUT2D eigenvalue weighted by molar-refractivity contribution is -0.383. The van der Waals surface area contributed by atoms with Gasteiger partial charge in [-0.3, -0.25) is 19.7 Å². The predicted molar refractivity (Wildman–Crippen MR) is 217 cm³/mol. The highest BCUT2D eigenvalue weighted by Gasteiger charge is 2.31. The van der Waals surface area contributed by atoms with E-state index < -0.39 is 16.6 Å². The van der Waals surface area contributed by atoms with Gasteiger partial charge in [-0.1, -0.05) is 34.1 Å². The van der Waals surface area contributed by atoms with Crippen molar-refractivity contribution >= 4 is 40.7 Å². The van der Waals surface area contributed by atoms with Gasteiger partial charge in [-0.25, -0.2) is 0 Å². The summed E-state index contributed by atoms with van der Waals surface area (Å²) >= 11 is 0. The Morgan fingerprint density at radius 1 is 0.946 bits per heavy atom. The first-order valence-corrected chi connectivity index (χ1v) is 19.7. The van der Waals surface area contributed by atoms with E-state index in [1.807, 2.05) is 6.92 Å². The average Bonchev–Trinajstić information content (AvgIpc) is 3.17. The van der Waals surface area contributed by atoms with Crippen LogP contribution in [-0.2, 0) is 20.7 Å². The molecule has 18 heteroatoms. The molecule has 0 amide bonds. The first kappa shape index (κ1) is 45.8. The van der Waals surface area contributed by atoms with Crippen molar-refractivity contribution in [1.82, 2.24) is 30.2 Å². The van der Waals surface area contributed by atoms with E-state index >= 15 is 0 Å². The van der Waals surface area contributed by atoms with E-state index in [9.17, 15) is 19.7 Å². The summed E-state index contributed by atoms with van der Waals surface area (Å²) in [4.78, 5) is 58.1. The quantitative estimate of drug-likeness (QED) is 0.0837. The Balaban J connectivity index is 0.000000299. The molecule has 2 saturated heterocycles. The van der Waals surface area contributed by atoms with Crippen LogP contribution in [0.2, 0.25) is 0 Å². The highest BCUT2D eigenvalue weighted by molar-refractivity contribution is 5.91. The molecule has 0 bridgehead atoms. The SMILES string of the molecule is C.CCCCOc1nc(N)c([N+](=O)[O-])c(N(CCC2CCN(C)CC2)CC(=O)OC)n1.CCCCOc1nc(N)c2c(n1)N(CCC1CCNCC1)CC(=O)C2. The zero-order valence-electron chi connectivity index (χ0n) is 33.1. The van der Waals surface area contributed by atoms with Crippen molar-refractivity contribution in [2.24, 2.45) is 11.8 Å². The van der Waals surface area contributed by atoms with E-state index in [0.29, 0.717) is 56.4 Å². The second-order valence-corrected chi connectivity index (χ2v) is 14.6. The smallest absolute Gasteiger partial charge is 0.353 e. The monoisotopic (exact) mass is 788 g/mol. The lowest BCUT2D eigenvalue weighted by Gasteiger charge is -2.32. The number of nitrogen functional groups attached to an aromatic ring is 2. The lowest BCUT2D eigenvalue weighted by atomic mass is 9.93. The Morgan fingerprint density at radius 3 is 2.16 bits per heavy atom. The van der Waals surface area contributed by atoms with Crippen molar-refractivity contribution in [3.8, 4) is 12.0 Å². The van der Waals surface area contributed by atoms with Crippen LogP contribution < -0.4 is 36.1 Å². The molecule has 3 aliphatic rings. The number of unbranched alkanes of at least 4 members (excludes halogenated alkanes) is 2. The average molecular weight is 788 g/mol. The van der Waals surface area contributed by atoms with Gasteiger partial charge in [0.25, 0.3) is 0 Å². The maximum Gasteiger partial charge on any atom is 0.353 e. The Morgan fingerprint density at radius 2 is 1.55 bits per heavy atom. The van der Waals surface area contributed by atoms with Gasteiger partial charge in [0.1, 0.15) is 18.2 Å². The number of carbonyl (C=O) groups is 2. The number of rotatable bonds is 18. The Bertz CT molecular complexity index is 1550. The number of nitro groups is 1. The molecule has 0 unspecified atom stereocenters. The number of ether oxygens (including phenoxy) is 3. The highest BCUT2D eigenvalue weighted by atomic mass is 16.6. The first-order valence-electron chi connectivity index (χ1n) is 19.7. The number of anilines is 4. The van der Waals surface area contributed by atoms with Crippen molar-refractivity contribution in [1.29, 1.82) is 0 Å². The van der Waals surface area contributed by atoms with E-state index in [-0.39, 0.29) is 37.4 Å². The summed E-state index contributed by atoms with van der Waals surface area (Å²) in [6, 6.07) is 0.293. The molecule has 0 spiro atoms. The molecule has 56 heavy (non-hydrogen) atoms. The van der Waals surface area contributed by atoms with Gasteiger partial charge in [0, 0.05) is 25.1 Å². The van der Waals surface area contributed by atoms with Crippen molar-refractivity contribution in [2.45, 2.75) is 91.9 Å². The number of Topliss-reactive ketones (excluding diaryl/α,β-unsaturated/α-hetero) is 1. The molecule has 0 aromatic carbocycles. The van der Waals surface area contributed by atoms with Gasteiger partial charge >= 0.3 is 23.7 Å². The fourth-order valence-corrected chi connectivity index (χ4v) is 6.88. The molecule has 0 atom stereocenters. The lowest BCUT2D eigenvalue weighted by Crippen LogP contribution is -2.39. The molecule has 5 N–H and O–H groups in total. The number of hydrogen-bond acceptors (Lipinski definition) is 17. The molecule has 314 valence electrons. The molecule has 5 heterocycles. The molecule has 5 rings (SSSR count). The Hall–Kier alpha value is -4.58. The van der Waals surface area contributed by atoms with Gasteiger partial charge in [-0.2, -0.15) is 19.9 Å². The molecule has 0 aliphatic carbocycles. The van der Waals surface area contributed by atoms with Gasteiger partial charge in [0.05, 0.1) is 31.8 Å². The minimum Gasteiger partial charge on any atom is -0.468 e. The highest BCUT2D eigenvalue weighted by Crippen LogP contribution is 2.34. The van der Waals surface area contributed by atoms with Crippen LogP contribution in [-0.4, -0.2) is 121 Å². The summed E-state index contributed by atoms with van der Waals surface area (Å²) in [5.41, 5.74) is 12.3. The standard InChI is InChI=1S/C19H32N6O5.C18H29N5O2.CH4/c1-4-5-12-30-19-21-17(20)16(25(27)28)18(22-19)24(13-15(26)29-3)11-8-14-6-9-23(2)10-7-14;1-2-3-10-25-18-21-16(19)15-11-14(24)12-23(17(15)22-18)9-6-13-4-7-20-8-5-13;/h14H,4-13H2,1-3H3,(H2,20,21,22);13,20H,2-12H2,1H3,(H2,19,21,22);1H4. The third-order valence-electron chi connectivity index (χ3n) is 10.3. The maximum absolute atomic E-state index is 12.1. The third-order valence-corrected chi connectivity index (χ3v) is 10.3. The number of ketones is 1. The van der Waals surface area contributed by atoms with E-state index in [1.165, 1.54) is 20.0 Å². The summed E-state index contributed by atoms with van der Waals surface area (Å²) in [7, 11) is 3.37. The molecule has 2 fully saturated rings. The maximum atomic E-state index is 12.1. The largest absolute Gasteiger partial charge is 0.468 e. The fraction of sp³-hybridized carbons (Fsp3) is 0.737. The molecule has 18 nitrogen and oxygen atoms in total. The van der Waals surface area contributed by atoms with Crippen LogP contribution in [0.25, 0.3) is 0 Å². The number of nitrogens with two attached hydrogens (primary N) is 2. The number of aromatic nitrogens is 4. The topological polar surface area (TPSA) is 230 Å². The van der Waals surface area contributed by atoms with Gasteiger partial charge in [-0.15, -0.1) is 0 Å². The van der Waals surface area contributed by atoms with Crippen LogP contribution in [0.4, 0.5) is 29.0 Å².